The third-order valence-electron chi connectivity index (χ3n) is 4.01. The highest BCUT2D eigenvalue weighted by Crippen LogP contribution is 2.19. The van der Waals surface area contributed by atoms with Crippen LogP contribution in [0.5, 0.6) is 0 Å². The molecule has 0 aromatic carbocycles. The van der Waals surface area contributed by atoms with Crippen molar-refractivity contribution in [3.05, 3.63) is 15.6 Å². The van der Waals surface area contributed by atoms with Gasteiger partial charge in [0, 0.05) is 38.1 Å². The number of hydrogen-bond donors (Lipinski definition) is 1. The van der Waals surface area contributed by atoms with E-state index in [1.165, 1.54) is 0 Å². The van der Waals surface area contributed by atoms with Crippen LogP contribution in [0.1, 0.15) is 15.6 Å². The molecule has 0 spiro atoms. The van der Waals surface area contributed by atoms with Gasteiger partial charge < -0.3 is 15.1 Å². The molecule has 0 bridgehead atoms. The molecule has 6 nitrogen and oxygen atoms in total. The smallest absolute Gasteiger partial charge is 0.227 e. The van der Waals surface area contributed by atoms with Crippen molar-refractivity contribution in [2.24, 2.45) is 5.92 Å². The van der Waals surface area contributed by atoms with Gasteiger partial charge >= 0.3 is 0 Å². The number of rotatable bonds is 3. The minimum Gasteiger partial charge on any atom is -0.359 e. The highest BCUT2D eigenvalue weighted by Gasteiger charge is 2.28. The molecule has 0 unspecified atom stereocenters. The average Bonchev–Trinajstić information content (AvgIpc) is 2.67. The van der Waals surface area contributed by atoms with Gasteiger partial charge in [0.1, 0.15) is 0 Å². The lowest BCUT2D eigenvalue weighted by atomic mass is 10.1. The second kappa shape index (κ2) is 7.19. The molecule has 1 saturated heterocycles. The summed E-state index contributed by atoms with van der Waals surface area (Å²) in [7, 11) is 3.63. The van der Waals surface area contributed by atoms with E-state index in [1.54, 1.807) is 18.4 Å². The average molecular weight is 324 g/mol. The molecule has 1 aliphatic heterocycles. The molecule has 0 radical (unpaired) electrons. The summed E-state index contributed by atoms with van der Waals surface area (Å²) >= 11 is 1.58. The lowest BCUT2D eigenvalue weighted by Gasteiger charge is -2.23. The van der Waals surface area contributed by atoms with E-state index >= 15 is 0 Å². The van der Waals surface area contributed by atoms with Gasteiger partial charge in [0.25, 0.3) is 0 Å². The minimum atomic E-state index is -0.175. The lowest BCUT2D eigenvalue weighted by Crippen LogP contribution is -2.41. The fourth-order valence-electron chi connectivity index (χ4n) is 2.76. The van der Waals surface area contributed by atoms with Gasteiger partial charge in [0.2, 0.25) is 11.8 Å². The van der Waals surface area contributed by atoms with E-state index in [-0.39, 0.29) is 17.7 Å². The molecule has 1 aromatic heterocycles. The summed E-state index contributed by atoms with van der Waals surface area (Å²) in [5.41, 5.74) is 0.936. The van der Waals surface area contributed by atoms with Crippen molar-refractivity contribution >= 4 is 23.2 Å². The summed E-state index contributed by atoms with van der Waals surface area (Å²) in [6.07, 6.45) is 0.377. The monoisotopic (exact) mass is 324 g/mol. The van der Waals surface area contributed by atoms with Crippen molar-refractivity contribution in [1.29, 1.82) is 0 Å². The van der Waals surface area contributed by atoms with Gasteiger partial charge in [-0.05, 0) is 20.9 Å². The van der Waals surface area contributed by atoms with Crippen LogP contribution in [0.15, 0.2) is 0 Å². The summed E-state index contributed by atoms with van der Waals surface area (Å²) in [4.78, 5) is 33.9. The van der Waals surface area contributed by atoms with Gasteiger partial charge in [0.15, 0.2) is 0 Å². The quantitative estimate of drug-likeness (QED) is 0.876. The molecular weight excluding hydrogens is 300 g/mol. The number of thiazole rings is 1. The van der Waals surface area contributed by atoms with E-state index in [1.807, 2.05) is 25.8 Å². The Morgan fingerprint density at radius 2 is 2.05 bits per heavy atom. The predicted molar refractivity (Wildman–Crippen MR) is 86.9 cm³/mol. The van der Waals surface area contributed by atoms with Gasteiger partial charge in [-0.25, -0.2) is 4.98 Å². The van der Waals surface area contributed by atoms with Crippen LogP contribution in [-0.4, -0.2) is 66.9 Å². The molecule has 22 heavy (non-hydrogen) atoms. The van der Waals surface area contributed by atoms with E-state index in [9.17, 15) is 9.59 Å². The van der Waals surface area contributed by atoms with Crippen molar-refractivity contribution < 1.29 is 9.59 Å². The van der Waals surface area contributed by atoms with Gasteiger partial charge in [-0.1, -0.05) is 0 Å². The van der Waals surface area contributed by atoms with Crippen LogP contribution in [0.25, 0.3) is 0 Å². The molecule has 1 fully saturated rings. The maximum Gasteiger partial charge on any atom is 0.227 e. The number of aromatic nitrogens is 1. The molecular formula is C15H24N4O2S. The van der Waals surface area contributed by atoms with Crippen LogP contribution < -0.4 is 5.32 Å². The van der Waals surface area contributed by atoms with Crippen LogP contribution in [0.3, 0.4) is 0 Å². The predicted octanol–water partition coefficient (Wildman–Crippen LogP) is 0.439. The van der Waals surface area contributed by atoms with Crippen molar-refractivity contribution in [2.45, 2.75) is 20.3 Å². The Kier molecular flexibility index (Phi) is 5.52. The Morgan fingerprint density at radius 1 is 1.32 bits per heavy atom. The van der Waals surface area contributed by atoms with Gasteiger partial charge in [-0.15, -0.1) is 11.3 Å². The summed E-state index contributed by atoms with van der Waals surface area (Å²) in [5.74, 6) is -0.0990. The number of nitrogens with zero attached hydrogens (tertiary/aromatic N) is 3. The molecule has 7 heteroatoms. The highest BCUT2D eigenvalue weighted by atomic mass is 32.1. The summed E-state index contributed by atoms with van der Waals surface area (Å²) in [6, 6.07) is 0. The van der Waals surface area contributed by atoms with Crippen molar-refractivity contribution in [2.75, 3.05) is 40.3 Å². The number of carbonyl (C=O) groups excluding carboxylic acids is 2. The summed E-state index contributed by atoms with van der Waals surface area (Å²) < 4.78 is 0. The zero-order valence-corrected chi connectivity index (χ0v) is 14.5. The van der Waals surface area contributed by atoms with Gasteiger partial charge in [-0.2, -0.15) is 0 Å². The third kappa shape index (κ3) is 4.04. The fourth-order valence-corrected chi connectivity index (χ4v) is 3.69. The Balaban J connectivity index is 2.07. The normalized spacial score (nSPS) is 19.8. The second-order valence-corrected chi connectivity index (χ2v) is 7.12. The van der Waals surface area contributed by atoms with Crippen molar-refractivity contribution in [1.82, 2.24) is 20.1 Å². The zero-order valence-electron chi connectivity index (χ0n) is 13.7. The Bertz CT molecular complexity index is 558. The molecule has 1 aromatic rings. The van der Waals surface area contributed by atoms with Crippen LogP contribution >= 0.6 is 11.3 Å². The molecule has 1 N–H and O–H groups in total. The summed E-state index contributed by atoms with van der Waals surface area (Å²) in [6.45, 7) is 6.52. The molecule has 0 saturated carbocycles. The zero-order chi connectivity index (χ0) is 16.3. The molecule has 122 valence electrons. The molecule has 2 heterocycles. The first kappa shape index (κ1) is 16.9. The number of amides is 2. The van der Waals surface area contributed by atoms with Crippen molar-refractivity contribution in [3.8, 4) is 0 Å². The maximum atomic E-state index is 12.6. The van der Waals surface area contributed by atoms with Crippen LogP contribution in [-0.2, 0) is 16.0 Å². The number of likely N-dealkylation sites (N-methyl/N-ethyl adjacent to an activating group) is 1. The third-order valence-corrected chi connectivity index (χ3v) is 5.08. The van der Waals surface area contributed by atoms with Crippen LogP contribution in [0.4, 0.5) is 0 Å². The van der Waals surface area contributed by atoms with Crippen molar-refractivity contribution in [3.63, 3.8) is 0 Å². The minimum absolute atomic E-state index is 0.00337. The van der Waals surface area contributed by atoms with Crippen LogP contribution in [0, 0.1) is 19.8 Å². The van der Waals surface area contributed by atoms with Gasteiger partial charge in [0.05, 0.1) is 23.0 Å². The lowest BCUT2D eigenvalue weighted by molar-refractivity contribution is -0.132. The standard InChI is InChI=1S/C15H24N4O2S/c1-10-13(22-11(2)17-10)7-14(20)19-6-5-18(4)8-12(9-19)15(21)16-3/h12H,5-9H2,1-4H3,(H,16,21)/t12-/m1/s1. The largest absolute Gasteiger partial charge is 0.359 e. The number of hydrogen-bond acceptors (Lipinski definition) is 5. The molecule has 2 rings (SSSR count). The Morgan fingerprint density at radius 3 is 2.64 bits per heavy atom. The topological polar surface area (TPSA) is 65.5 Å². The van der Waals surface area contributed by atoms with E-state index < -0.39 is 0 Å². The number of aryl methyl sites for hydroxylation is 2. The first-order chi connectivity index (χ1) is 10.4. The maximum absolute atomic E-state index is 12.6. The Labute approximate surface area is 135 Å². The first-order valence-corrected chi connectivity index (χ1v) is 8.33. The molecule has 0 aliphatic carbocycles. The fraction of sp³-hybridized carbons (Fsp3) is 0.667. The van der Waals surface area contributed by atoms with E-state index in [0.717, 1.165) is 22.1 Å². The van der Waals surface area contributed by atoms with E-state index in [2.05, 4.69) is 15.2 Å². The summed E-state index contributed by atoms with van der Waals surface area (Å²) in [5, 5.41) is 3.68. The number of nitrogens with one attached hydrogen (secondary N) is 1. The number of carbonyl (C=O) groups is 2. The first-order valence-electron chi connectivity index (χ1n) is 7.51. The van der Waals surface area contributed by atoms with Crippen LogP contribution in [0.2, 0.25) is 0 Å². The SMILES string of the molecule is CNC(=O)[C@@H]1CN(C)CCN(C(=O)Cc2sc(C)nc2C)C1. The molecule has 2 amide bonds. The second-order valence-electron chi connectivity index (χ2n) is 5.83. The van der Waals surface area contributed by atoms with Gasteiger partial charge in [-0.3, -0.25) is 9.59 Å². The van der Waals surface area contributed by atoms with E-state index in [0.29, 0.717) is 26.1 Å². The van der Waals surface area contributed by atoms with E-state index in [4.69, 9.17) is 0 Å². The highest BCUT2D eigenvalue weighted by molar-refractivity contribution is 7.11. The molecule has 1 atom stereocenters. The molecule has 1 aliphatic rings. The Hall–Kier alpha value is -1.47.